The highest BCUT2D eigenvalue weighted by atomic mass is 32.2. The standard InChI is InChI=1S/C12H19NOS/c1-4-13-12(9-15(3)14)11-8-6-5-7-10(11)2/h5-8,12-13H,4,9H2,1-3H3. The summed E-state index contributed by atoms with van der Waals surface area (Å²) in [5.74, 6) is 0.679. The molecule has 2 nitrogen and oxygen atoms in total. The molecule has 15 heavy (non-hydrogen) atoms. The second-order valence-corrected chi connectivity index (χ2v) is 5.19. The van der Waals surface area contributed by atoms with Gasteiger partial charge in [0.2, 0.25) is 0 Å². The average molecular weight is 225 g/mol. The van der Waals surface area contributed by atoms with Gasteiger partial charge in [0, 0.05) is 28.9 Å². The summed E-state index contributed by atoms with van der Waals surface area (Å²) >= 11 is 0. The van der Waals surface area contributed by atoms with Crippen molar-refractivity contribution in [3.63, 3.8) is 0 Å². The number of rotatable bonds is 5. The molecule has 0 bridgehead atoms. The first kappa shape index (κ1) is 12.4. The molecule has 1 aromatic carbocycles. The second kappa shape index (κ2) is 6.03. The van der Waals surface area contributed by atoms with Crippen molar-refractivity contribution in [2.75, 3.05) is 18.6 Å². The predicted molar refractivity (Wildman–Crippen MR) is 66.5 cm³/mol. The Kier molecular flexibility index (Phi) is 4.99. The van der Waals surface area contributed by atoms with E-state index in [2.05, 4.69) is 31.3 Å². The van der Waals surface area contributed by atoms with Crippen molar-refractivity contribution in [2.45, 2.75) is 19.9 Å². The Balaban J connectivity index is 2.88. The molecule has 0 aliphatic carbocycles. The first-order chi connectivity index (χ1) is 7.15. The van der Waals surface area contributed by atoms with Gasteiger partial charge in [0.1, 0.15) is 0 Å². The topological polar surface area (TPSA) is 29.1 Å². The fourth-order valence-electron chi connectivity index (χ4n) is 1.72. The van der Waals surface area contributed by atoms with Gasteiger partial charge in [-0.3, -0.25) is 4.21 Å². The second-order valence-electron chi connectivity index (χ2n) is 3.71. The van der Waals surface area contributed by atoms with E-state index in [0.29, 0.717) is 5.75 Å². The zero-order valence-corrected chi connectivity index (χ0v) is 10.4. The average Bonchev–Trinajstić information content (AvgIpc) is 2.17. The minimum absolute atomic E-state index is 0.210. The van der Waals surface area contributed by atoms with Gasteiger partial charge in [0.25, 0.3) is 0 Å². The maximum Gasteiger partial charge on any atom is 0.0439 e. The molecule has 1 aromatic rings. The Morgan fingerprint density at radius 2 is 2.07 bits per heavy atom. The highest BCUT2D eigenvalue weighted by Gasteiger charge is 2.13. The van der Waals surface area contributed by atoms with Crippen LogP contribution in [0.3, 0.4) is 0 Å². The Morgan fingerprint density at radius 1 is 1.40 bits per heavy atom. The fourth-order valence-corrected chi connectivity index (χ4v) is 2.48. The van der Waals surface area contributed by atoms with Crippen LogP contribution in [-0.2, 0) is 10.8 Å². The van der Waals surface area contributed by atoms with Gasteiger partial charge in [-0.1, -0.05) is 31.2 Å². The maximum atomic E-state index is 11.3. The Morgan fingerprint density at radius 3 is 2.60 bits per heavy atom. The van der Waals surface area contributed by atoms with Crippen molar-refractivity contribution in [1.29, 1.82) is 0 Å². The Hall–Kier alpha value is -0.670. The molecule has 1 N–H and O–H groups in total. The lowest BCUT2D eigenvalue weighted by Crippen LogP contribution is -2.26. The van der Waals surface area contributed by atoms with Crippen LogP contribution in [0, 0.1) is 6.92 Å². The normalized spacial score (nSPS) is 14.9. The molecular formula is C12H19NOS. The number of aryl methyl sites for hydroxylation is 1. The maximum absolute atomic E-state index is 11.3. The van der Waals surface area contributed by atoms with Crippen LogP contribution < -0.4 is 5.32 Å². The van der Waals surface area contributed by atoms with Gasteiger partial charge >= 0.3 is 0 Å². The summed E-state index contributed by atoms with van der Waals surface area (Å²) < 4.78 is 11.3. The third-order valence-corrected chi connectivity index (χ3v) is 3.22. The number of benzene rings is 1. The van der Waals surface area contributed by atoms with E-state index >= 15 is 0 Å². The van der Waals surface area contributed by atoms with E-state index in [-0.39, 0.29) is 6.04 Å². The molecule has 2 atom stereocenters. The summed E-state index contributed by atoms with van der Waals surface area (Å²) in [6, 6.07) is 8.48. The molecule has 0 saturated carbocycles. The molecule has 0 fully saturated rings. The van der Waals surface area contributed by atoms with Crippen molar-refractivity contribution in [3.05, 3.63) is 35.4 Å². The van der Waals surface area contributed by atoms with Gasteiger partial charge in [0.15, 0.2) is 0 Å². The van der Waals surface area contributed by atoms with Crippen LogP contribution in [0.5, 0.6) is 0 Å². The molecule has 0 aromatic heterocycles. The van der Waals surface area contributed by atoms with Crippen molar-refractivity contribution in [1.82, 2.24) is 5.32 Å². The zero-order valence-electron chi connectivity index (χ0n) is 9.62. The molecule has 3 heteroatoms. The van der Waals surface area contributed by atoms with Crippen LogP contribution in [0.1, 0.15) is 24.1 Å². The summed E-state index contributed by atoms with van der Waals surface area (Å²) in [5.41, 5.74) is 2.52. The third kappa shape index (κ3) is 3.76. The largest absolute Gasteiger partial charge is 0.309 e. The van der Waals surface area contributed by atoms with E-state index in [4.69, 9.17) is 0 Å². The van der Waals surface area contributed by atoms with Crippen molar-refractivity contribution >= 4 is 10.8 Å². The van der Waals surface area contributed by atoms with E-state index in [1.807, 2.05) is 12.1 Å². The van der Waals surface area contributed by atoms with Crippen LogP contribution in [0.2, 0.25) is 0 Å². The quantitative estimate of drug-likeness (QED) is 0.830. The van der Waals surface area contributed by atoms with Gasteiger partial charge in [-0.25, -0.2) is 0 Å². The predicted octanol–water partition coefficient (Wildman–Crippen LogP) is 2.02. The summed E-state index contributed by atoms with van der Waals surface area (Å²) in [7, 11) is -0.768. The van der Waals surface area contributed by atoms with Crippen molar-refractivity contribution in [3.8, 4) is 0 Å². The SMILES string of the molecule is CCNC(CS(C)=O)c1ccccc1C. The van der Waals surface area contributed by atoms with Crippen LogP contribution in [0.15, 0.2) is 24.3 Å². The Bertz CT molecular complexity index is 338. The molecular weight excluding hydrogens is 206 g/mol. The molecule has 0 radical (unpaired) electrons. The van der Waals surface area contributed by atoms with Crippen molar-refractivity contribution < 1.29 is 4.21 Å². The van der Waals surface area contributed by atoms with Crippen LogP contribution in [0.25, 0.3) is 0 Å². The molecule has 84 valence electrons. The number of nitrogens with one attached hydrogen (secondary N) is 1. The number of hydrogen-bond donors (Lipinski definition) is 1. The van der Waals surface area contributed by atoms with Crippen LogP contribution >= 0.6 is 0 Å². The molecule has 0 amide bonds. The highest BCUT2D eigenvalue weighted by molar-refractivity contribution is 7.84. The number of hydrogen-bond acceptors (Lipinski definition) is 2. The monoisotopic (exact) mass is 225 g/mol. The van der Waals surface area contributed by atoms with E-state index in [0.717, 1.165) is 6.54 Å². The lowest BCUT2D eigenvalue weighted by atomic mass is 10.0. The minimum atomic E-state index is -0.768. The molecule has 1 rings (SSSR count). The minimum Gasteiger partial charge on any atom is -0.309 e. The summed E-state index contributed by atoms with van der Waals surface area (Å²) in [6.45, 7) is 5.07. The smallest absolute Gasteiger partial charge is 0.0439 e. The van der Waals surface area contributed by atoms with Crippen LogP contribution in [-0.4, -0.2) is 22.8 Å². The van der Waals surface area contributed by atoms with E-state index in [1.165, 1.54) is 11.1 Å². The third-order valence-electron chi connectivity index (χ3n) is 2.42. The van der Waals surface area contributed by atoms with Gasteiger partial charge < -0.3 is 5.32 Å². The van der Waals surface area contributed by atoms with Gasteiger partial charge in [-0.15, -0.1) is 0 Å². The van der Waals surface area contributed by atoms with Gasteiger partial charge in [-0.2, -0.15) is 0 Å². The van der Waals surface area contributed by atoms with Crippen molar-refractivity contribution in [2.24, 2.45) is 0 Å². The van der Waals surface area contributed by atoms with E-state index < -0.39 is 10.8 Å². The molecule has 2 unspecified atom stereocenters. The lowest BCUT2D eigenvalue weighted by Gasteiger charge is -2.19. The van der Waals surface area contributed by atoms with E-state index in [9.17, 15) is 4.21 Å². The summed E-state index contributed by atoms with van der Waals surface area (Å²) in [5, 5.41) is 3.38. The molecule has 0 spiro atoms. The molecule has 0 heterocycles. The van der Waals surface area contributed by atoms with Gasteiger partial charge in [-0.05, 0) is 24.6 Å². The lowest BCUT2D eigenvalue weighted by molar-refractivity contribution is 0.593. The summed E-state index contributed by atoms with van der Waals surface area (Å²) in [4.78, 5) is 0. The first-order valence-electron chi connectivity index (χ1n) is 5.24. The molecule has 0 aliphatic rings. The highest BCUT2D eigenvalue weighted by Crippen LogP contribution is 2.17. The van der Waals surface area contributed by atoms with E-state index in [1.54, 1.807) is 6.26 Å². The molecule has 0 saturated heterocycles. The van der Waals surface area contributed by atoms with Gasteiger partial charge in [0.05, 0.1) is 0 Å². The Labute approximate surface area is 94.5 Å². The fraction of sp³-hybridized carbons (Fsp3) is 0.500. The molecule has 0 aliphatic heterocycles. The first-order valence-corrected chi connectivity index (χ1v) is 6.96. The van der Waals surface area contributed by atoms with Crippen LogP contribution in [0.4, 0.5) is 0 Å². The zero-order chi connectivity index (χ0) is 11.3. The summed E-state index contributed by atoms with van der Waals surface area (Å²) in [6.07, 6.45) is 1.75.